The molecule has 0 aromatic heterocycles. The SMILES string of the molecule is CNCc1ccc(Cl)cc1N(C)c1ccccc1C. The highest BCUT2D eigenvalue weighted by atomic mass is 35.5. The summed E-state index contributed by atoms with van der Waals surface area (Å²) in [5.41, 5.74) is 4.82. The molecule has 1 N–H and O–H groups in total. The summed E-state index contributed by atoms with van der Waals surface area (Å²) in [5, 5.41) is 3.95. The first kappa shape index (κ1) is 13.9. The van der Waals surface area contributed by atoms with Gasteiger partial charge in [0.2, 0.25) is 0 Å². The van der Waals surface area contributed by atoms with Gasteiger partial charge in [0.15, 0.2) is 0 Å². The maximum absolute atomic E-state index is 6.14. The van der Waals surface area contributed by atoms with E-state index in [2.05, 4.69) is 54.5 Å². The first-order valence-electron chi connectivity index (χ1n) is 6.36. The Morgan fingerprint density at radius 3 is 2.53 bits per heavy atom. The van der Waals surface area contributed by atoms with E-state index in [0.717, 1.165) is 17.3 Å². The summed E-state index contributed by atoms with van der Waals surface area (Å²) in [6.07, 6.45) is 0. The summed E-state index contributed by atoms with van der Waals surface area (Å²) in [4.78, 5) is 2.19. The highest BCUT2D eigenvalue weighted by Gasteiger charge is 2.11. The maximum atomic E-state index is 6.14. The minimum absolute atomic E-state index is 0.760. The zero-order chi connectivity index (χ0) is 13.8. The number of hydrogen-bond acceptors (Lipinski definition) is 2. The summed E-state index contributed by atoms with van der Waals surface area (Å²) in [6.45, 7) is 2.94. The molecule has 0 unspecified atom stereocenters. The van der Waals surface area contributed by atoms with Crippen molar-refractivity contribution in [2.24, 2.45) is 0 Å². The Kier molecular flexibility index (Phi) is 4.46. The van der Waals surface area contributed by atoms with Crippen molar-refractivity contribution in [2.75, 3.05) is 19.0 Å². The Balaban J connectivity index is 2.45. The van der Waals surface area contributed by atoms with Crippen LogP contribution in [0.1, 0.15) is 11.1 Å². The number of para-hydroxylation sites is 1. The molecule has 0 atom stereocenters. The summed E-state index contributed by atoms with van der Waals surface area (Å²) in [7, 11) is 4.03. The fourth-order valence-corrected chi connectivity index (χ4v) is 2.43. The average molecular weight is 275 g/mol. The van der Waals surface area contributed by atoms with Crippen molar-refractivity contribution in [1.82, 2.24) is 5.32 Å². The van der Waals surface area contributed by atoms with Gasteiger partial charge in [0.05, 0.1) is 0 Å². The van der Waals surface area contributed by atoms with Crippen LogP contribution in [0.4, 0.5) is 11.4 Å². The molecule has 0 fully saturated rings. The molecule has 0 aliphatic rings. The molecule has 0 aliphatic heterocycles. The molecule has 0 saturated carbocycles. The lowest BCUT2D eigenvalue weighted by molar-refractivity contribution is 0.816. The fourth-order valence-electron chi connectivity index (χ4n) is 2.26. The van der Waals surface area contributed by atoms with E-state index in [0.29, 0.717) is 0 Å². The van der Waals surface area contributed by atoms with Gasteiger partial charge >= 0.3 is 0 Å². The van der Waals surface area contributed by atoms with Crippen LogP contribution < -0.4 is 10.2 Å². The van der Waals surface area contributed by atoms with Crippen LogP contribution >= 0.6 is 11.6 Å². The molecule has 0 radical (unpaired) electrons. The van der Waals surface area contributed by atoms with E-state index >= 15 is 0 Å². The molecule has 3 heteroatoms. The molecule has 2 aromatic rings. The Labute approximate surface area is 120 Å². The standard InChI is InChI=1S/C16H19ClN2/c1-12-6-4-5-7-15(12)19(3)16-10-14(17)9-8-13(16)11-18-2/h4-10,18H,11H2,1-3H3. The second-order valence-electron chi connectivity index (χ2n) is 4.65. The zero-order valence-corrected chi connectivity index (χ0v) is 12.3. The molecule has 100 valence electrons. The number of benzene rings is 2. The lowest BCUT2D eigenvalue weighted by Gasteiger charge is -2.24. The number of aryl methyl sites for hydroxylation is 1. The van der Waals surface area contributed by atoms with Crippen molar-refractivity contribution in [3.63, 3.8) is 0 Å². The summed E-state index contributed by atoms with van der Waals surface area (Å²) in [6, 6.07) is 14.4. The van der Waals surface area contributed by atoms with Crippen molar-refractivity contribution >= 4 is 23.0 Å². The van der Waals surface area contributed by atoms with E-state index in [1.807, 2.05) is 19.2 Å². The summed E-state index contributed by atoms with van der Waals surface area (Å²) < 4.78 is 0. The van der Waals surface area contributed by atoms with Gasteiger partial charge < -0.3 is 10.2 Å². The largest absolute Gasteiger partial charge is 0.344 e. The van der Waals surface area contributed by atoms with Crippen molar-refractivity contribution in [1.29, 1.82) is 0 Å². The lowest BCUT2D eigenvalue weighted by atomic mass is 10.1. The summed E-state index contributed by atoms with van der Waals surface area (Å²) in [5.74, 6) is 0. The van der Waals surface area contributed by atoms with E-state index in [1.165, 1.54) is 16.8 Å². The molecule has 2 aromatic carbocycles. The van der Waals surface area contributed by atoms with E-state index in [9.17, 15) is 0 Å². The molecular formula is C16H19ClN2. The maximum Gasteiger partial charge on any atom is 0.0468 e. The highest BCUT2D eigenvalue weighted by molar-refractivity contribution is 6.30. The van der Waals surface area contributed by atoms with E-state index in [-0.39, 0.29) is 0 Å². The minimum Gasteiger partial charge on any atom is -0.344 e. The van der Waals surface area contributed by atoms with Gasteiger partial charge in [-0.25, -0.2) is 0 Å². The van der Waals surface area contributed by atoms with Crippen LogP contribution in [0.15, 0.2) is 42.5 Å². The van der Waals surface area contributed by atoms with Crippen LogP contribution in [0.3, 0.4) is 0 Å². The Bertz CT molecular complexity index is 566. The number of nitrogens with one attached hydrogen (secondary N) is 1. The van der Waals surface area contributed by atoms with Crippen LogP contribution in [0.5, 0.6) is 0 Å². The predicted molar refractivity (Wildman–Crippen MR) is 83.5 cm³/mol. The van der Waals surface area contributed by atoms with Crippen LogP contribution in [-0.4, -0.2) is 14.1 Å². The van der Waals surface area contributed by atoms with Gasteiger partial charge in [-0.05, 0) is 43.3 Å². The zero-order valence-electron chi connectivity index (χ0n) is 11.6. The smallest absolute Gasteiger partial charge is 0.0468 e. The number of anilines is 2. The van der Waals surface area contributed by atoms with Gasteiger partial charge in [0, 0.05) is 30.0 Å². The van der Waals surface area contributed by atoms with Gasteiger partial charge in [-0.1, -0.05) is 35.9 Å². The second-order valence-corrected chi connectivity index (χ2v) is 5.09. The number of rotatable bonds is 4. The van der Waals surface area contributed by atoms with Crippen molar-refractivity contribution in [3.8, 4) is 0 Å². The quantitative estimate of drug-likeness (QED) is 0.902. The first-order chi connectivity index (χ1) is 9.13. The Morgan fingerprint density at radius 2 is 1.84 bits per heavy atom. The fraction of sp³-hybridized carbons (Fsp3) is 0.250. The van der Waals surface area contributed by atoms with Crippen LogP contribution in [0, 0.1) is 6.92 Å². The third-order valence-electron chi connectivity index (χ3n) is 3.25. The van der Waals surface area contributed by atoms with Crippen molar-refractivity contribution in [2.45, 2.75) is 13.5 Å². The monoisotopic (exact) mass is 274 g/mol. The van der Waals surface area contributed by atoms with Crippen LogP contribution in [0.2, 0.25) is 5.02 Å². The molecule has 0 spiro atoms. The molecule has 19 heavy (non-hydrogen) atoms. The average Bonchev–Trinajstić information content (AvgIpc) is 2.41. The molecule has 0 amide bonds. The van der Waals surface area contributed by atoms with E-state index in [4.69, 9.17) is 11.6 Å². The first-order valence-corrected chi connectivity index (χ1v) is 6.73. The summed E-state index contributed by atoms with van der Waals surface area (Å²) >= 11 is 6.14. The van der Waals surface area contributed by atoms with E-state index < -0.39 is 0 Å². The Morgan fingerprint density at radius 1 is 1.11 bits per heavy atom. The van der Waals surface area contributed by atoms with Crippen molar-refractivity contribution < 1.29 is 0 Å². The number of halogens is 1. The molecule has 0 saturated heterocycles. The molecule has 2 rings (SSSR count). The molecular weight excluding hydrogens is 256 g/mol. The lowest BCUT2D eigenvalue weighted by Crippen LogP contribution is -2.15. The van der Waals surface area contributed by atoms with E-state index in [1.54, 1.807) is 0 Å². The predicted octanol–water partition coefficient (Wildman–Crippen LogP) is 4.14. The molecule has 0 heterocycles. The third kappa shape index (κ3) is 3.09. The van der Waals surface area contributed by atoms with Gasteiger partial charge in [-0.3, -0.25) is 0 Å². The van der Waals surface area contributed by atoms with Gasteiger partial charge in [0.1, 0.15) is 0 Å². The minimum atomic E-state index is 0.760. The van der Waals surface area contributed by atoms with Gasteiger partial charge in [-0.2, -0.15) is 0 Å². The number of hydrogen-bond donors (Lipinski definition) is 1. The molecule has 0 aliphatic carbocycles. The van der Waals surface area contributed by atoms with Gasteiger partial charge in [-0.15, -0.1) is 0 Å². The normalized spacial score (nSPS) is 10.5. The van der Waals surface area contributed by atoms with Crippen LogP contribution in [0.25, 0.3) is 0 Å². The van der Waals surface area contributed by atoms with Gasteiger partial charge in [0.25, 0.3) is 0 Å². The molecule has 0 bridgehead atoms. The topological polar surface area (TPSA) is 15.3 Å². The highest BCUT2D eigenvalue weighted by Crippen LogP contribution is 2.31. The third-order valence-corrected chi connectivity index (χ3v) is 3.49. The van der Waals surface area contributed by atoms with Crippen LogP contribution in [-0.2, 0) is 6.54 Å². The Hall–Kier alpha value is -1.51. The van der Waals surface area contributed by atoms with Crippen molar-refractivity contribution in [3.05, 3.63) is 58.6 Å². The molecule has 2 nitrogen and oxygen atoms in total. The number of nitrogens with zero attached hydrogens (tertiary/aromatic N) is 1. The second kappa shape index (κ2) is 6.09.